The molecule has 2 aromatic carbocycles. The van der Waals surface area contributed by atoms with Crippen molar-refractivity contribution in [1.29, 1.82) is 0 Å². The molecule has 0 atom stereocenters. The maximum absolute atomic E-state index is 11.3. The zero-order valence-electron chi connectivity index (χ0n) is 10.1. The zero-order chi connectivity index (χ0) is 14.9. The van der Waals surface area contributed by atoms with Gasteiger partial charge in [0.1, 0.15) is 0 Å². The van der Waals surface area contributed by atoms with Gasteiger partial charge in [-0.05, 0) is 52.3 Å². The molecule has 0 radical (unpaired) electrons. The summed E-state index contributed by atoms with van der Waals surface area (Å²) in [4.78, 5) is -0.0118. The van der Waals surface area contributed by atoms with E-state index in [1.54, 1.807) is 18.2 Å². The SMILES string of the molecule is Nc1ccc(S(N)(=O)=O)cc1Nc1ccc(Cl)c(Br)c1. The van der Waals surface area contributed by atoms with Crippen LogP contribution in [-0.2, 0) is 10.0 Å². The standard InChI is InChI=1S/C12H11BrClN3O2S/c13-9-5-7(1-3-10(9)14)17-12-6-8(20(16,18)19)2-4-11(12)15/h1-6,17H,15H2,(H2,16,18,19). The molecule has 0 saturated carbocycles. The lowest BCUT2D eigenvalue weighted by atomic mass is 10.2. The topological polar surface area (TPSA) is 98.2 Å². The van der Waals surface area contributed by atoms with Gasteiger partial charge in [-0.2, -0.15) is 0 Å². The van der Waals surface area contributed by atoms with Gasteiger partial charge >= 0.3 is 0 Å². The predicted molar refractivity (Wildman–Crippen MR) is 84.7 cm³/mol. The number of nitrogen functional groups attached to an aromatic ring is 1. The van der Waals surface area contributed by atoms with Crippen LogP contribution in [0.1, 0.15) is 0 Å². The maximum atomic E-state index is 11.3. The molecule has 0 bridgehead atoms. The molecule has 0 amide bonds. The quantitative estimate of drug-likeness (QED) is 0.717. The average molecular weight is 377 g/mol. The minimum absolute atomic E-state index is 0.0118. The van der Waals surface area contributed by atoms with Crippen LogP contribution in [0.25, 0.3) is 0 Å². The van der Waals surface area contributed by atoms with E-state index in [2.05, 4.69) is 21.2 Å². The van der Waals surface area contributed by atoms with Crippen LogP contribution in [0, 0.1) is 0 Å². The smallest absolute Gasteiger partial charge is 0.238 e. The van der Waals surface area contributed by atoms with Crippen LogP contribution in [0.3, 0.4) is 0 Å². The summed E-state index contributed by atoms with van der Waals surface area (Å²) in [6, 6.07) is 9.42. The van der Waals surface area contributed by atoms with Crippen LogP contribution in [0.5, 0.6) is 0 Å². The molecule has 0 aliphatic rings. The number of halogens is 2. The first-order valence-corrected chi connectivity index (χ1v) is 8.13. The summed E-state index contributed by atoms with van der Waals surface area (Å²) in [5.41, 5.74) is 7.38. The van der Waals surface area contributed by atoms with Crippen LogP contribution in [0.15, 0.2) is 45.8 Å². The van der Waals surface area contributed by atoms with Gasteiger partial charge in [0.15, 0.2) is 0 Å². The molecule has 0 saturated heterocycles. The maximum Gasteiger partial charge on any atom is 0.238 e. The lowest BCUT2D eigenvalue weighted by Gasteiger charge is -2.11. The van der Waals surface area contributed by atoms with E-state index in [9.17, 15) is 8.42 Å². The Kier molecular flexibility index (Phi) is 4.24. The van der Waals surface area contributed by atoms with E-state index in [4.69, 9.17) is 22.5 Å². The van der Waals surface area contributed by atoms with Gasteiger partial charge in [0.25, 0.3) is 0 Å². The summed E-state index contributed by atoms with van der Waals surface area (Å²) in [5.74, 6) is 0. The molecule has 20 heavy (non-hydrogen) atoms. The van der Waals surface area contributed by atoms with Crippen molar-refractivity contribution >= 4 is 54.6 Å². The van der Waals surface area contributed by atoms with Gasteiger partial charge in [-0.3, -0.25) is 0 Å². The third kappa shape index (κ3) is 3.43. The van der Waals surface area contributed by atoms with E-state index >= 15 is 0 Å². The van der Waals surface area contributed by atoms with E-state index in [0.29, 0.717) is 26.6 Å². The number of sulfonamides is 1. The van der Waals surface area contributed by atoms with Crippen molar-refractivity contribution in [2.45, 2.75) is 4.90 Å². The zero-order valence-corrected chi connectivity index (χ0v) is 13.3. The highest BCUT2D eigenvalue weighted by atomic mass is 79.9. The molecular weight excluding hydrogens is 366 g/mol. The Morgan fingerprint density at radius 3 is 2.45 bits per heavy atom. The Balaban J connectivity index is 2.40. The Labute approximate surface area is 130 Å². The van der Waals surface area contributed by atoms with Crippen LogP contribution in [-0.4, -0.2) is 8.42 Å². The van der Waals surface area contributed by atoms with E-state index in [1.807, 2.05) is 0 Å². The normalized spacial score (nSPS) is 11.3. The highest BCUT2D eigenvalue weighted by Crippen LogP contribution is 2.30. The summed E-state index contributed by atoms with van der Waals surface area (Å²) in [5, 5.41) is 8.68. The number of benzene rings is 2. The number of hydrogen-bond acceptors (Lipinski definition) is 4. The lowest BCUT2D eigenvalue weighted by molar-refractivity contribution is 0.598. The second-order valence-corrected chi connectivity index (χ2v) is 6.87. The first kappa shape index (κ1) is 15.1. The minimum Gasteiger partial charge on any atom is -0.397 e. The molecule has 2 rings (SSSR count). The van der Waals surface area contributed by atoms with Gasteiger partial charge in [-0.1, -0.05) is 11.6 Å². The van der Waals surface area contributed by atoms with E-state index in [-0.39, 0.29) is 4.90 Å². The number of primary sulfonamides is 1. The van der Waals surface area contributed by atoms with Crippen LogP contribution in [0.2, 0.25) is 5.02 Å². The highest BCUT2D eigenvalue weighted by molar-refractivity contribution is 9.10. The van der Waals surface area contributed by atoms with Crippen LogP contribution in [0.4, 0.5) is 17.1 Å². The van der Waals surface area contributed by atoms with Crippen molar-refractivity contribution in [1.82, 2.24) is 0 Å². The Bertz CT molecular complexity index is 765. The van der Waals surface area contributed by atoms with Gasteiger partial charge in [0, 0.05) is 10.2 Å². The van der Waals surface area contributed by atoms with Crippen LogP contribution >= 0.6 is 27.5 Å². The van der Waals surface area contributed by atoms with Gasteiger partial charge in [-0.25, -0.2) is 13.6 Å². The molecule has 8 heteroatoms. The summed E-state index contributed by atoms with van der Waals surface area (Å²) in [6.45, 7) is 0. The van der Waals surface area contributed by atoms with E-state index in [1.165, 1.54) is 18.2 Å². The van der Waals surface area contributed by atoms with Crippen molar-refractivity contribution in [3.8, 4) is 0 Å². The molecule has 5 nitrogen and oxygen atoms in total. The van der Waals surface area contributed by atoms with Crippen molar-refractivity contribution < 1.29 is 8.42 Å². The Morgan fingerprint density at radius 1 is 1.15 bits per heavy atom. The fourth-order valence-electron chi connectivity index (χ4n) is 1.55. The number of nitrogens with two attached hydrogens (primary N) is 2. The second kappa shape index (κ2) is 5.61. The highest BCUT2D eigenvalue weighted by Gasteiger charge is 2.10. The molecule has 0 unspecified atom stereocenters. The molecule has 0 spiro atoms. The summed E-state index contributed by atoms with van der Waals surface area (Å²) in [6.07, 6.45) is 0. The van der Waals surface area contributed by atoms with Gasteiger partial charge in [0.2, 0.25) is 10.0 Å². The monoisotopic (exact) mass is 375 g/mol. The number of rotatable bonds is 3. The first-order chi connectivity index (χ1) is 9.27. The molecule has 5 N–H and O–H groups in total. The van der Waals surface area contributed by atoms with E-state index in [0.717, 1.165) is 0 Å². The largest absolute Gasteiger partial charge is 0.397 e. The molecule has 0 aromatic heterocycles. The van der Waals surface area contributed by atoms with Crippen molar-refractivity contribution in [2.24, 2.45) is 5.14 Å². The first-order valence-electron chi connectivity index (χ1n) is 5.42. The van der Waals surface area contributed by atoms with Gasteiger partial charge in [-0.15, -0.1) is 0 Å². The predicted octanol–water partition coefficient (Wildman–Crippen LogP) is 3.08. The average Bonchev–Trinajstić information content (AvgIpc) is 2.35. The fraction of sp³-hybridized carbons (Fsp3) is 0. The van der Waals surface area contributed by atoms with Crippen molar-refractivity contribution in [3.63, 3.8) is 0 Å². The van der Waals surface area contributed by atoms with Gasteiger partial charge in [0.05, 0.1) is 21.3 Å². The van der Waals surface area contributed by atoms with Crippen molar-refractivity contribution in [2.75, 3.05) is 11.1 Å². The molecule has 0 aliphatic carbocycles. The molecule has 106 valence electrons. The fourth-order valence-corrected chi connectivity index (χ4v) is 2.59. The molecule has 0 fully saturated rings. The third-order valence-electron chi connectivity index (χ3n) is 2.55. The molecule has 0 heterocycles. The Morgan fingerprint density at radius 2 is 1.85 bits per heavy atom. The third-order valence-corrected chi connectivity index (χ3v) is 4.68. The molecule has 2 aromatic rings. The molecule has 0 aliphatic heterocycles. The molecular formula is C12H11BrClN3O2S. The Hall–Kier alpha value is -1.28. The number of anilines is 3. The lowest BCUT2D eigenvalue weighted by Crippen LogP contribution is -2.12. The minimum atomic E-state index is -3.78. The van der Waals surface area contributed by atoms with Crippen molar-refractivity contribution in [3.05, 3.63) is 45.9 Å². The number of hydrogen-bond donors (Lipinski definition) is 3. The summed E-state index contributed by atoms with van der Waals surface area (Å²) < 4.78 is 23.4. The summed E-state index contributed by atoms with van der Waals surface area (Å²) >= 11 is 9.21. The second-order valence-electron chi connectivity index (χ2n) is 4.05. The van der Waals surface area contributed by atoms with Gasteiger partial charge < -0.3 is 11.1 Å². The summed E-state index contributed by atoms with van der Waals surface area (Å²) in [7, 11) is -3.78. The van der Waals surface area contributed by atoms with E-state index < -0.39 is 10.0 Å². The number of nitrogens with one attached hydrogen (secondary N) is 1. The van der Waals surface area contributed by atoms with Crippen LogP contribution < -0.4 is 16.2 Å².